The van der Waals surface area contributed by atoms with Crippen molar-refractivity contribution in [3.63, 3.8) is 0 Å². The summed E-state index contributed by atoms with van der Waals surface area (Å²) in [5.41, 5.74) is 2.41. The number of rotatable bonds is 5. The molecule has 0 aliphatic carbocycles. The zero-order valence-electron chi connectivity index (χ0n) is 10.7. The van der Waals surface area contributed by atoms with Gasteiger partial charge in [-0.15, -0.1) is 0 Å². The molecular formula is C16H16O3. The van der Waals surface area contributed by atoms with E-state index in [2.05, 4.69) is 12.1 Å². The molecule has 2 aromatic rings. The summed E-state index contributed by atoms with van der Waals surface area (Å²) in [4.78, 5) is 10.7. The van der Waals surface area contributed by atoms with Gasteiger partial charge in [-0.1, -0.05) is 42.5 Å². The van der Waals surface area contributed by atoms with Crippen LogP contribution in [0.1, 0.15) is 18.1 Å². The van der Waals surface area contributed by atoms with Crippen LogP contribution >= 0.6 is 0 Å². The lowest BCUT2D eigenvalue weighted by molar-refractivity contribution is -0.144. The fourth-order valence-corrected chi connectivity index (χ4v) is 1.77. The Balaban J connectivity index is 2.01. The second-order valence-corrected chi connectivity index (χ2v) is 4.40. The summed E-state index contributed by atoms with van der Waals surface area (Å²) in [6.07, 6.45) is 0.0234. The number of carbonyl (C=O) groups is 1. The van der Waals surface area contributed by atoms with Crippen LogP contribution in [0.2, 0.25) is 0 Å². The van der Waals surface area contributed by atoms with Gasteiger partial charge in [0.2, 0.25) is 0 Å². The zero-order chi connectivity index (χ0) is 13.7. The number of carboxylic acid groups (broad SMARTS) is 1. The number of hydrogen-bond donors (Lipinski definition) is 1. The third-order valence-electron chi connectivity index (χ3n) is 2.84. The Morgan fingerprint density at radius 1 is 1.05 bits per heavy atom. The lowest BCUT2D eigenvalue weighted by Crippen LogP contribution is -2.22. The summed E-state index contributed by atoms with van der Waals surface area (Å²) in [6.45, 7) is 1.51. The normalized spacial score (nSPS) is 11.8. The summed E-state index contributed by atoms with van der Waals surface area (Å²) in [5.74, 6) is -0.389. The van der Waals surface area contributed by atoms with E-state index in [0.29, 0.717) is 5.75 Å². The van der Waals surface area contributed by atoms with E-state index in [0.717, 1.165) is 6.42 Å². The van der Waals surface area contributed by atoms with Gasteiger partial charge in [0.15, 0.2) is 6.10 Å². The molecule has 0 unspecified atom stereocenters. The summed E-state index contributed by atoms with van der Waals surface area (Å²) >= 11 is 0. The number of ether oxygens (including phenoxy) is 1. The van der Waals surface area contributed by atoms with Crippen LogP contribution in [0.25, 0.3) is 0 Å². The van der Waals surface area contributed by atoms with Gasteiger partial charge in [0, 0.05) is 0 Å². The molecule has 0 saturated carbocycles. The molecule has 98 valence electrons. The topological polar surface area (TPSA) is 46.5 Å². The third-order valence-corrected chi connectivity index (χ3v) is 2.84. The van der Waals surface area contributed by atoms with Gasteiger partial charge in [-0.05, 0) is 36.6 Å². The molecule has 19 heavy (non-hydrogen) atoms. The molecule has 2 aromatic carbocycles. The monoisotopic (exact) mass is 256 g/mol. The standard InChI is InChI=1S/C16H16O3/c1-12(16(17)18)19-15-9-7-14(8-10-15)11-13-5-3-2-4-6-13/h2-10,12H,11H2,1H3,(H,17,18)/t12-/m0/s1. The lowest BCUT2D eigenvalue weighted by atomic mass is 10.1. The van der Waals surface area contributed by atoms with Gasteiger partial charge in [0.1, 0.15) is 5.75 Å². The number of hydrogen-bond acceptors (Lipinski definition) is 2. The van der Waals surface area contributed by atoms with Crippen LogP contribution in [-0.4, -0.2) is 17.2 Å². The van der Waals surface area contributed by atoms with Crippen LogP contribution in [0.4, 0.5) is 0 Å². The average Bonchev–Trinajstić information content (AvgIpc) is 2.42. The van der Waals surface area contributed by atoms with Gasteiger partial charge in [-0.2, -0.15) is 0 Å². The van der Waals surface area contributed by atoms with Crippen LogP contribution in [0, 0.1) is 0 Å². The largest absolute Gasteiger partial charge is 0.479 e. The summed E-state index contributed by atoms with van der Waals surface area (Å²) < 4.78 is 5.28. The average molecular weight is 256 g/mol. The Morgan fingerprint density at radius 3 is 2.21 bits per heavy atom. The highest BCUT2D eigenvalue weighted by Gasteiger charge is 2.11. The van der Waals surface area contributed by atoms with Crippen LogP contribution in [-0.2, 0) is 11.2 Å². The van der Waals surface area contributed by atoms with E-state index < -0.39 is 12.1 Å². The van der Waals surface area contributed by atoms with E-state index in [1.54, 1.807) is 12.1 Å². The van der Waals surface area contributed by atoms with Crippen molar-refractivity contribution in [3.8, 4) is 5.75 Å². The Bertz CT molecular complexity index is 532. The summed E-state index contributed by atoms with van der Waals surface area (Å²) in [5, 5.41) is 8.77. The first kappa shape index (κ1) is 13.1. The molecule has 2 rings (SSSR count). The molecule has 0 aliphatic heterocycles. The van der Waals surface area contributed by atoms with Crippen molar-refractivity contribution >= 4 is 5.97 Å². The first-order chi connectivity index (χ1) is 9.15. The van der Waals surface area contributed by atoms with E-state index in [9.17, 15) is 4.79 Å². The molecule has 0 amide bonds. The highest BCUT2D eigenvalue weighted by atomic mass is 16.5. The maximum Gasteiger partial charge on any atom is 0.344 e. The summed E-state index contributed by atoms with van der Waals surface area (Å²) in [7, 11) is 0. The van der Waals surface area contributed by atoms with E-state index in [-0.39, 0.29) is 0 Å². The number of aliphatic carboxylic acids is 1. The van der Waals surface area contributed by atoms with E-state index in [1.807, 2.05) is 30.3 Å². The van der Waals surface area contributed by atoms with Gasteiger partial charge < -0.3 is 9.84 Å². The minimum atomic E-state index is -0.964. The smallest absolute Gasteiger partial charge is 0.344 e. The Kier molecular flexibility index (Phi) is 4.18. The van der Waals surface area contributed by atoms with Crippen molar-refractivity contribution in [1.82, 2.24) is 0 Å². The quantitative estimate of drug-likeness (QED) is 0.894. The Hall–Kier alpha value is -2.29. The van der Waals surface area contributed by atoms with Crippen LogP contribution in [0.3, 0.4) is 0 Å². The predicted octanol–water partition coefficient (Wildman–Crippen LogP) is 3.13. The van der Waals surface area contributed by atoms with Crippen molar-refractivity contribution in [2.45, 2.75) is 19.4 Å². The SMILES string of the molecule is C[C@H](Oc1ccc(Cc2ccccc2)cc1)C(=O)O. The van der Waals surface area contributed by atoms with Gasteiger partial charge in [0.25, 0.3) is 0 Å². The van der Waals surface area contributed by atoms with Crippen LogP contribution in [0.15, 0.2) is 54.6 Å². The molecule has 3 nitrogen and oxygen atoms in total. The van der Waals surface area contributed by atoms with Crippen molar-refractivity contribution in [1.29, 1.82) is 0 Å². The molecule has 0 heterocycles. The van der Waals surface area contributed by atoms with Crippen molar-refractivity contribution < 1.29 is 14.6 Å². The van der Waals surface area contributed by atoms with E-state index in [4.69, 9.17) is 9.84 Å². The highest BCUT2D eigenvalue weighted by molar-refractivity contribution is 5.72. The second kappa shape index (κ2) is 6.05. The fourth-order valence-electron chi connectivity index (χ4n) is 1.77. The van der Waals surface area contributed by atoms with Gasteiger partial charge in [-0.25, -0.2) is 4.79 Å². The first-order valence-electron chi connectivity index (χ1n) is 6.17. The third kappa shape index (κ3) is 3.85. The van der Waals surface area contributed by atoms with Crippen molar-refractivity contribution in [2.75, 3.05) is 0 Å². The molecule has 1 N–H and O–H groups in total. The maximum atomic E-state index is 10.7. The predicted molar refractivity (Wildman–Crippen MR) is 73.4 cm³/mol. The molecule has 0 aliphatic rings. The minimum Gasteiger partial charge on any atom is -0.479 e. The van der Waals surface area contributed by atoms with E-state index in [1.165, 1.54) is 18.1 Å². The highest BCUT2D eigenvalue weighted by Crippen LogP contribution is 2.16. The minimum absolute atomic E-state index is 0.576. The molecule has 0 fully saturated rings. The Morgan fingerprint density at radius 2 is 1.63 bits per heavy atom. The Labute approximate surface area is 112 Å². The fraction of sp³-hybridized carbons (Fsp3) is 0.188. The van der Waals surface area contributed by atoms with Crippen molar-refractivity contribution in [2.24, 2.45) is 0 Å². The second-order valence-electron chi connectivity index (χ2n) is 4.40. The molecule has 1 atom stereocenters. The van der Waals surface area contributed by atoms with E-state index >= 15 is 0 Å². The van der Waals surface area contributed by atoms with Gasteiger partial charge in [0.05, 0.1) is 0 Å². The van der Waals surface area contributed by atoms with Crippen molar-refractivity contribution in [3.05, 3.63) is 65.7 Å². The molecule has 0 saturated heterocycles. The zero-order valence-corrected chi connectivity index (χ0v) is 10.7. The molecular weight excluding hydrogens is 240 g/mol. The maximum absolute atomic E-state index is 10.7. The molecule has 0 aromatic heterocycles. The molecule has 0 radical (unpaired) electrons. The van der Waals surface area contributed by atoms with Gasteiger partial charge >= 0.3 is 5.97 Å². The summed E-state index contributed by atoms with van der Waals surface area (Å²) in [6, 6.07) is 17.7. The van der Waals surface area contributed by atoms with Crippen LogP contribution in [0.5, 0.6) is 5.75 Å². The van der Waals surface area contributed by atoms with Gasteiger partial charge in [-0.3, -0.25) is 0 Å². The molecule has 3 heteroatoms. The lowest BCUT2D eigenvalue weighted by Gasteiger charge is -2.10. The van der Waals surface area contributed by atoms with Crippen LogP contribution < -0.4 is 4.74 Å². The number of carboxylic acids is 1. The molecule has 0 spiro atoms. The molecule has 0 bridgehead atoms. The number of benzene rings is 2. The first-order valence-corrected chi connectivity index (χ1v) is 6.17.